The number of aromatic nitrogens is 2. The number of morpholine rings is 1. The summed E-state index contributed by atoms with van der Waals surface area (Å²) in [5.74, 6) is -0.283. The normalized spacial score (nSPS) is 16.2. The van der Waals surface area contributed by atoms with Gasteiger partial charge in [0.25, 0.3) is 5.91 Å². The number of amides is 1. The molecule has 2 aromatic heterocycles. The Bertz CT molecular complexity index is 1320. The molecule has 2 aromatic carbocycles. The predicted molar refractivity (Wildman–Crippen MR) is 125 cm³/mol. The lowest BCUT2D eigenvalue weighted by Gasteiger charge is -2.33. The number of halogens is 1. The van der Waals surface area contributed by atoms with E-state index in [0.717, 1.165) is 22.3 Å². The maximum Gasteiger partial charge on any atom is 0.256 e. The van der Waals surface area contributed by atoms with Gasteiger partial charge >= 0.3 is 0 Å². The van der Waals surface area contributed by atoms with Gasteiger partial charge in [-0.05, 0) is 48.4 Å². The van der Waals surface area contributed by atoms with Crippen molar-refractivity contribution < 1.29 is 13.9 Å². The van der Waals surface area contributed by atoms with Crippen LogP contribution in [0.15, 0.2) is 72.9 Å². The van der Waals surface area contributed by atoms with Crippen molar-refractivity contribution in [2.75, 3.05) is 19.7 Å². The molecule has 4 aromatic rings. The molecule has 1 aliphatic rings. The van der Waals surface area contributed by atoms with Crippen molar-refractivity contribution in [1.82, 2.24) is 14.9 Å². The van der Waals surface area contributed by atoms with E-state index in [1.54, 1.807) is 23.2 Å². The van der Waals surface area contributed by atoms with Crippen molar-refractivity contribution in [3.63, 3.8) is 0 Å². The van der Waals surface area contributed by atoms with Gasteiger partial charge in [0.05, 0.1) is 29.9 Å². The first kappa shape index (κ1) is 21.2. The van der Waals surface area contributed by atoms with Crippen molar-refractivity contribution in [1.29, 1.82) is 0 Å². The third kappa shape index (κ3) is 4.47. The lowest BCUT2D eigenvalue weighted by atomic mass is 10.0. The second-order valence-corrected chi connectivity index (χ2v) is 8.30. The minimum absolute atomic E-state index is 0.0631. The van der Waals surface area contributed by atoms with Gasteiger partial charge in [-0.15, -0.1) is 0 Å². The third-order valence-electron chi connectivity index (χ3n) is 5.93. The van der Waals surface area contributed by atoms with Crippen LogP contribution in [0.3, 0.4) is 0 Å². The number of carbonyl (C=O) groups is 1. The largest absolute Gasteiger partial charge is 0.368 e. The van der Waals surface area contributed by atoms with Crippen LogP contribution >= 0.6 is 0 Å². The molecule has 0 aliphatic carbocycles. The van der Waals surface area contributed by atoms with E-state index >= 15 is 0 Å². The van der Waals surface area contributed by atoms with Gasteiger partial charge in [0.2, 0.25) is 0 Å². The second-order valence-electron chi connectivity index (χ2n) is 8.30. The van der Waals surface area contributed by atoms with Crippen molar-refractivity contribution in [2.45, 2.75) is 19.4 Å². The topological polar surface area (TPSA) is 55.3 Å². The molecule has 5 nitrogen and oxygen atoms in total. The number of benzene rings is 2. The maximum atomic E-state index is 14.2. The quantitative estimate of drug-likeness (QED) is 0.453. The molecular formula is C27H24FN3O2. The number of pyridine rings is 2. The zero-order valence-electron chi connectivity index (χ0n) is 18.4. The minimum Gasteiger partial charge on any atom is -0.368 e. The zero-order chi connectivity index (χ0) is 22.8. The molecule has 1 atom stereocenters. The van der Waals surface area contributed by atoms with Crippen LogP contribution in [-0.2, 0) is 11.2 Å². The molecule has 0 unspecified atom stereocenters. The predicted octanol–water partition coefficient (Wildman–Crippen LogP) is 4.88. The van der Waals surface area contributed by atoms with Crippen molar-refractivity contribution in [3.05, 3.63) is 107 Å². The Kier molecular flexibility index (Phi) is 5.84. The number of hydrogen-bond acceptors (Lipinski definition) is 4. The maximum absolute atomic E-state index is 14.2. The van der Waals surface area contributed by atoms with Gasteiger partial charge in [-0.1, -0.05) is 36.4 Å². The molecule has 0 saturated carbocycles. The molecule has 33 heavy (non-hydrogen) atoms. The molecule has 5 rings (SSSR count). The number of aryl methyl sites for hydroxylation is 1. The number of nitrogens with zero attached hydrogens (tertiary/aromatic N) is 3. The van der Waals surface area contributed by atoms with E-state index in [0.29, 0.717) is 42.8 Å². The summed E-state index contributed by atoms with van der Waals surface area (Å²) in [5, 5.41) is 0.936. The number of para-hydroxylation sites is 1. The van der Waals surface area contributed by atoms with Crippen molar-refractivity contribution >= 4 is 16.8 Å². The van der Waals surface area contributed by atoms with Gasteiger partial charge in [0.1, 0.15) is 11.9 Å². The average molecular weight is 442 g/mol. The van der Waals surface area contributed by atoms with Gasteiger partial charge in [0, 0.05) is 30.2 Å². The first-order chi connectivity index (χ1) is 16.1. The van der Waals surface area contributed by atoms with Crippen LogP contribution in [0.4, 0.5) is 4.39 Å². The molecule has 166 valence electrons. The molecule has 6 heteroatoms. The van der Waals surface area contributed by atoms with Gasteiger partial charge in [0.15, 0.2) is 0 Å². The van der Waals surface area contributed by atoms with E-state index in [2.05, 4.69) is 9.97 Å². The summed E-state index contributed by atoms with van der Waals surface area (Å²) >= 11 is 0. The molecule has 3 heterocycles. The summed E-state index contributed by atoms with van der Waals surface area (Å²) in [6.45, 7) is 3.25. The fraction of sp³-hybridized carbons (Fsp3) is 0.222. The van der Waals surface area contributed by atoms with Gasteiger partial charge in [-0.2, -0.15) is 0 Å². The van der Waals surface area contributed by atoms with Crippen molar-refractivity contribution in [2.24, 2.45) is 0 Å². The van der Waals surface area contributed by atoms with E-state index in [4.69, 9.17) is 4.74 Å². The highest BCUT2D eigenvalue weighted by Crippen LogP contribution is 2.26. The molecule has 1 fully saturated rings. The van der Waals surface area contributed by atoms with Gasteiger partial charge < -0.3 is 9.64 Å². The summed E-state index contributed by atoms with van der Waals surface area (Å²) < 4.78 is 20.2. The van der Waals surface area contributed by atoms with Gasteiger partial charge in [-0.25, -0.2) is 4.39 Å². The van der Waals surface area contributed by atoms with Crippen LogP contribution in [0, 0.1) is 12.7 Å². The second kappa shape index (κ2) is 9.08. The third-order valence-corrected chi connectivity index (χ3v) is 5.93. The van der Waals surface area contributed by atoms with E-state index in [1.165, 1.54) is 6.07 Å². The Morgan fingerprint density at radius 1 is 1.12 bits per heavy atom. The Labute approximate surface area is 191 Å². The monoisotopic (exact) mass is 441 g/mol. The Balaban J connectivity index is 1.39. The number of rotatable bonds is 4. The standard InChI is InChI=1S/C27H24FN3O2/c1-18-14-19(15-21-6-2-3-10-23(21)28)16-24(30-18)25-17-31(12-13-33-25)27(32)22-9-4-7-20-8-5-11-29-26(20)22/h2-11,14,16,25H,12-13,15,17H2,1H3/t25-/m0/s1. The van der Waals surface area contributed by atoms with E-state index in [-0.39, 0.29) is 17.8 Å². The van der Waals surface area contributed by atoms with Crippen LogP contribution in [0.5, 0.6) is 0 Å². The van der Waals surface area contributed by atoms with E-state index in [9.17, 15) is 9.18 Å². The zero-order valence-corrected chi connectivity index (χ0v) is 18.4. The number of ether oxygens (including phenoxy) is 1. The molecular weight excluding hydrogens is 417 g/mol. The summed E-state index contributed by atoms with van der Waals surface area (Å²) in [5.41, 5.74) is 4.49. The van der Waals surface area contributed by atoms with E-state index in [1.807, 2.05) is 55.5 Å². The minimum atomic E-state index is -0.343. The Morgan fingerprint density at radius 3 is 2.85 bits per heavy atom. The lowest BCUT2D eigenvalue weighted by Crippen LogP contribution is -2.42. The van der Waals surface area contributed by atoms with Crippen LogP contribution in [0.25, 0.3) is 10.9 Å². The number of fused-ring (bicyclic) bond motifs is 1. The highest BCUT2D eigenvalue weighted by atomic mass is 19.1. The molecule has 0 N–H and O–H groups in total. The first-order valence-corrected chi connectivity index (χ1v) is 11.0. The smallest absolute Gasteiger partial charge is 0.256 e. The summed E-state index contributed by atoms with van der Waals surface area (Å²) in [7, 11) is 0. The van der Waals surface area contributed by atoms with Crippen LogP contribution in [-0.4, -0.2) is 40.5 Å². The SMILES string of the molecule is Cc1cc(Cc2ccccc2F)cc([C@@H]2CN(C(=O)c3cccc4cccnc34)CCO2)n1. The lowest BCUT2D eigenvalue weighted by molar-refractivity contribution is -0.0247. The van der Waals surface area contributed by atoms with Gasteiger partial charge in [-0.3, -0.25) is 14.8 Å². The number of hydrogen-bond donors (Lipinski definition) is 0. The fourth-order valence-corrected chi connectivity index (χ4v) is 4.36. The van der Waals surface area contributed by atoms with Crippen LogP contribution in [0.2, 0.25) is 0 Å². The molecule has 1 saturated heterocycles. The molecule has 0 radical (unpaired) electrons. The molecule has 0 spiro atoms. The Hall–Kier alpha value is -3.64. The molecule has 1 aliphatic heterocycles. The summed E-state index contributed by atoms with van der Waals surface area (Å²) in [6, 6.07) is 20.2. The van der Waals surface area contributed by atoms with Crippen LogP contribution < -0.4 is 0 Å². The molecule has 0 bridgehead atoms. The number of carbonyl (C=O) groups excluding carboxylic acids is 1. The Morgan fingerprint density at radius 2 is 1.97 bits per heavy atom. The summed E-state index contributed by atoms with van der Waals surface area (Å²) in [4.78, 5) is 24.3. The first-order valence-electron chi connectivity index (χ1n) is 11.0. The average Bonchev–Trinajstić information content (AvgIpc) is 2.84. The molecule has 1 amide bonds. The van der Waals surface area contributed by atoms with Crippen LogP contribution in [0.1, 0.15) is 39.0 Å². The van der Waals surface area contributed by atoms with E-state index < -0.39 is 0 Å². The van der Waals surface area contributed by atoms with Crippen molar-refractivity contribution in [3.8, 4) is 0 Å². The fourth-order valence-electron chi connectivity index (χ4n) is 4.36. The highest BCUT2D eigenvalue weighted by molar-refractivity contribution is 6.05. The summed E-state index contributed by atoms with van der Waals surface area (Å²) in [6.07, 6.45) is 1.83. The highest BCUT2D eigenvalue weighted by Gasteiger charge is 2.28.